The molecule has 1 atom stereocenters. The van der Waals surface area contributed by atoms with E-state index in [0.717, 1.165) is 5.56 Å². The van der Waals surface area contributed by atoms with Crippen molar-refractivity contribution in [1.82, 2.24) is 4.90 Å². The summed E-state index contributed by atoms with van der Waals surface area (Å²) in [6.07, 6.45) is -0.598. The van der Waals surface area contributed by atoms with Gasteiger partial charge in [-0.15, -0.1) is 0 Å². The van der Waals surface area contributed by atoms with E-state index in [2.05, 4.69) is 0 Å². The molecule has 2 aromatic rings. The van der Waals surface area contributed by atoms with Crippen LogP contribution in [0.15, 0.2) is 42.5 Å². The molecule has 0 bridgehead atoms. The van der Waals surface area contributed by atoms with Crippen molar-refractivity contribution >= 4 is 28.9 Å². The Balaban J connectivity index is 1.61. The van der Waals surface area contributed by atoms with Crippen LogP contribution in [0.5, 0.6) is 5.75 Å². The summed E-state index contributed by atoms with van der Waals surface area (Å²) < 4.78 is 5.75. The van der Waals surface area contributed by atoms with Gasteiger partial charge >= 0.3 is 0 Å². The number of hydrogen-bond donors (Lipinski definition) is 0. The summed E-state index contributed by atoms with van der Waals surface area (Å²) in [7, 11) is 0. The van der Waals surface area contributed by atoms with Crippen molar-refractivity contribution in [1.29, 1.82) is 0 Å². The largest absolute Gasteiger partial charge is 0.481 e. The van der Waals surface area contributed by atoms with Crippen molar-refractivity contribution < 1.29 is 14.5 Å². The zero-order valence-electron chi connectivity index (χ0n) is 15.8. The van der Waals surface area contributed by atoms with E-state index >= 15 is 0 Å². The number of halogens is 1. The van der Waals surface area contributed by atoms with Crippen LogP contribution in [-0.2, 0) is 4.79 Å². The van der Waals surface area contributed by atoms with E-state index < -0.39 is 11.0 Å². The molecule has 0 N–H and O–H groups in total. The molecule has 1 aliphatic rings. The Labute approximate surface area is 168 Å². The number of benzene rings is 2. The van der Waals surface area contributed by atoms with Crippen LogP contribution in [-0.4, -0.2) is 48.0 Å². The maximum atomic E-state index is 12.7. The third-order valence-corrected chi connectivity index (χ3v) is 4.98. The van der Waals surface area contributed by atoms with E-state index in [0.29, 0.717) is 42.6 Å². The Kier molecular flexibility index (Phi) is 6.04. The number of amides is 1. The fraction of sp³-hybridized carbons (Fsp3) is 0.350. The topological polar surface area (TPSA) is 75.9 Å². The van der Waals surface area contributed by atoms with Crippen molar-refractivity contribution in [3.8, 4) is 5.75 Å². The van der Waals surface area contributed by atoms with Gasteiger partial charge in [-0.3, -0.25) is 14.9 Å². The molecule has 2 aromatic carbocycles. The molecule has 8 heteroatoms. The summed E-state index contributed by atoms with van der Waals surface area (Å²) in [6, 6.07) is 12.2. The van der Waals surface area contributed by atoms with E-state index in [-0.39, 0.29) is 11.6 Å². The average molecular weight is 404 g/mol. The Bertz CT molecular complexity index is 864. The van der Waals surface area contributed by atoms with Gasteiger partial charge in [-0.1, -0.05) is 29.3 Å². The highest BCUT2D eigenvalue weighted by Gasteiger charge is 2.28. The van der Waals surface area contributed by atoms with E-state index in [4.69, 9.17) is 16.3 Å². The Morgan fingerprint density at radius 2 is 1.79 bits per heavy atom. The normalized spacial score (nSPS) is 15.2. The van der Waals surface area contributed by atoms with Gasteiger partial charge in [-0.2, -0.15) is 0 Å². The number of piperazine rings is 1. The van der Waals surface area contributed by atoms with Crippen LogP contribution in [0.25, 0.3) is 0 Å². The molecule has 1 saturated heterocycles. The number of anilines is 1. The fourth-order valence-corrected chi connectivity index (χ4v) is 3.37. The number of aryl methyl sites for hydroxylation is 1. The lowest BCUT2D eigenvalue weighted by atomic mass is 10.2. The average Bonchev–Trinajstić information content (AvgIpc) is 2.69. The van der Waals surface area contributed by atoms with Crippen molar-refractivity contribution in [2.24, 2.45) is 0 Å². The smallest absolute Gasteiger partial charge is 0.294 e. The van der Waals surface area contributed by atoms with Crippen LogP contribution in [0.1, 0.15) is 12.5 Å². The Morgan fingerprint density at radius 3 is 2.39 bits per heavy atom. The third kappa shape index (κ3) is 4.54. The van der Waals surface area contributed by atoms with Gasteiger partial charge in [0, 0.05) is 37.3 Å². The van der Waals surface area contributed by atoms with Crippen LogP contribution in [0.2, 0.25) is 5.02 Å². The molecular weight excluding hydrogens is 382 g/mol. The zero-order chi connectivity index (χ0) is 20.3. The van der Waals surface area contributed by atoms with Gasteiger partial charge in [0.25, 0.3) is 11.6 Å². The van der Waals surface area contributed by atoms with E-state index in [1.165, 1.54) is 6.07 Å². The first-order valence-corrected chi connectivity index (χ1v) is 9.44. The maximum absolute atomic E-state index is 12.7. The molecular formula is C20H22ClN3O4. The maximum Gasteiger partial charge on any atom is 0.294 e. The Hall–Kier alpha value is -2.80. The molecule has 1 unspecified atom stereocenters. The number of nitro benzene ring substituents is 1. The third-order valence-electron chi connectivity index (χ3n) is 4.75. The van der Waals surface area contributed by atoms with Gasteiger partial charge in [0.05, 0.1) is 4.92 Å². The second-order valence-corrected chi connectivity index (χ2v) is 7.21. The van der Waals surface area contributed by atoms with Crippen molar-refractivity contribution in [2.75, 3.05) is 31.1 Å². The molecule has 1 amide bonds. The minimum Gasteiger partial charge on any atom is -0.481 e. The number of ether oxygens (including phenoxy) is 1. The standard InChI is InChI=1S/C20H22ClN3O4/c1-14-3-6-17(7-4-14)28-15(2)20(25)23-11-9-22(10-12-23)18-8-5-16(21)13-19(18)24(26)27/h3-8,13,15H,9-12H2,1-2H3. The predicted molar refractivity (Wildman–Crippen MR) is 108 cm³/mol. The lowest BCUT2D eigenvalue weighted by Crippen LogP contribution is -2.52. The lowest BCUT2D eigenvalue weighted by molar-refractivity contribution is -0.384. The molecule has 0 saturated carbocycles. The van der Waals surface area contributed by atoms with Crippen LogP contribution >= 0.6 is 11.6 Å². The summed E-state index contributed by atoms with van der Waals surface area (Å²) in [5, 5.41) is 11.6. The molecule has 1 heterocycles. The summed E-state index contributed by atoms with van der Waals surface area (Å²) in [5.41, 5.74) is 1.62. The molecule has 0 aromatic heterocycles. The number of hydrogen-bond acceptors (Lipinski definition) is 5. The summed E-state index contributed by atoms with van der Waals surface area (Å²) in [6.45, 7) is 5.68. The second kappa shape index (κ2) is 8.48. The summed E-state index contributed by atoms with van der Waals surface area (Å²) in [4.78, 5) is 27.2. The molecule has 0 aliphatic carbocycles. The van der Waals surface area contributed by atoms with Crippen molar-refractivity contribution in [3.05, 3.63) is 63.2 Å². The summed E-state index contributed by atoms with van der Waals surface area (Å²) in [5.74, 6) is 0.563. The zero-order valence-corrected chi connectivity index (χ0v) is 16.6. The first-order valence-electron chi connectivity index (χ1n) is 9.06. The molecule has 0 radical (unpaired) electrons. The molecule has 7 nitrogen and oxygen atoms in total. The van der Waals surface area contributed by atoms with Gasteiger partial charge in [-0.05, 0) is 38.1 Å². The van der Waals surface area contributed by atoms with Crippen LogP contribution in [0, 0.1) is 17.0 Å². The SMILES string of the molecule is Cc1ccc(OC(C)C(=O)N2CCN(c3ccc(Cl)cc3[N+](=O)[O-])CC2)cc1. The molecule has 1 fully saturated rings. The molecule has 1 aliphatic heterocycles. The van der Waals surface area contributed by atoms with Gasteiger partial charge < -0.3 is 14.5 Å². The lowest BCUT2D eigenvalue weighted by Gasteiger charge is -2.36. The number of rotatable bonds is 5. The fourth-order valence-electron chi connectivity index (χ4n) is 3.21. The second-order valence-electron chi connectivity index (χ2n) is 6.78. The Morgan fingerprint density at radius 1 is 1.14 bits per heavy atom. The van der Waals surface area contributed by atoms with Gasteiger partial charge in [0.15, 0.2) is 6.10 Å². The van der Waals surface area contributed by atoms with Gasteiger partial charge in [0.1, 0.15) is 11.4 Å². The molecule has 3 rings (SSSR count). The number of nitro groups is 1. The van der Waals surface area contributed by atoms with E-state index in [1.807, 2.05) is 36.1 Å². The van der Waals surface area contributed by atoms with Crippen LogP contribution in [0.3, 0.4) is 0 Å². The van der Waals surface area contributed by atoms with Crippen molar-refractivity contribution in [2.45, 2.75) is 20.0 Å². The first-order chi connectivity index (χ1) is 13.3. The molecule has 0 spiro atoms. The molecule has 28 heavy (non-hydrogen) atoms. The minimum absolute atomic E-state index is 0.0247. The van der Waals surface area contributed by atoms with Gasteiger partial charge in [0.2, 0.25) is 0 Å². The highest BCUT2D eigenvalue weighted by molar-refractivity contribution is 6.30. The van der Waals surface area contributed by atoms with E-state index in [9.17, 15) is 14.9 Å². The number of carbonyl (C=O) groups is 1. The highest BCUT2D eigenvalue weighted by Crippen LogP contribution is 2.31. The predicted octanol–water partition coefficient (Wildman–Crippen LogP) is 3.67. The van der Waals surface area contributed by atoms with E-state index in [1.54, 1.807) is 24.0 Å². The van der Waals surface area contributed by atoms with Crippen molar-refractivity contribution in [3.63, 3.8) is 0 Å². The monoisotopic (exact) mass is 403 g/mol. The van der Waals surface area contributed by atoms with Crippen LogP contribution in [0.4, 0.5) is 11.4 Å². The number of nitrogens with zero attached hydrogens (tertiary/aromatic N) is 3. The quantitative estimate of drug-likeness (QED) is 0.562. The first kappa shape index (κ1) is 19.9. The summed E-state index contributed by atoms with van der Waals surface area (Å²) >= 11 is 5.88. The number of carbonyl (C=O) groups excluding carboxylic acids is 1. The highest BCUT2D eigenvalue weighted by atomic mass is 35.5. The minimum atomic E-state index is -0.598. The van der Waals surface area contributed by atoms with Gasteiger partial charge in [-0.25, -0.2) is 0 Å². The van der Waals surface area contributed by atoms with Crippen LogP contribution < -0.4 is 9.64 Å². The molecule has 148 valence electrons.